The van der Waals surface area contributed by atoms with E-state index in [0.29, 0.717) is 12.5 Å². The highest BCUT2D eigenvalue weighted by Gasteiger charge is 2.10. The third kappa shape index (κ3) is 4.97. The summed E-state index contributed by atoms with van der Waals surface area (Å²) in [6, 6.07) is 1.68. The Bertz CT molecular complexity index is 433. The third-order valence-corrected chi connectivity index (χ3v) is 4.12. The minimum atomic E-state index is -0.0116. The molecule has 19 heavy (non-hydrogen) atoms. The van der Waals surface area contributed by atoms with Gasteiger partial charge in [-0.2, -0.15) is 5.10 Å². The molecule has 0 saturated heterocycles. The smallest absolute Gasteiger partial charge is 0.268 e. The quantitative estimate of drug-likeness (QED) is 0.688. The van der Waals surface area contributed by atoms with Crippen LogP contribution < -0.4 is 10.5 Å². The van der Waals surface area contributed by atoms with E-state index in [1.165, 1.54) is 0 Å². The Kier molecular flexibility index (Phi) is 7.13. The van der Waals surface area contributed by atoms with Crippen molar-refractivity contribution in [2.45, 2.75) is 39.7 Å². The molecule has 0 aliphatic carbocycles. The van der Waals surface area contributed by atoms with Gasteiger partial charge in [0.15, 0.2) is 0 Å². The van der Waals surface area contributed by atoms with Crippen LogP contribution >= 0.6 is 15.9 Å². The van der Waals surface area contributed by atoms with E-state index < -0.39 is 0 Å². The van der Waals surface area contributed by atoms with Crippen LogP contribution in [0, 0.1) is 5.92 Å². The van der Waals surface area contributed by atoms with Crippen LogP contribution in [0.3, 0.4) is 0 Å². The van der Waals surface area contributed by atoms with Crippen molar-refractivity contribution >= 4 is 21.6 Å². The van der Waals surface area contributed by atoms with Crippen molar-refractivity contribution < 1.29 is 0 Å². The number of alkyl halides is 1. The molecule has 0 aliphatic heterocycles. The van der Waals surface area contributed by atoms with E-state index in [9.17, 15) is 4.79 Å². The van der Waals surface area contributed by atoms with Gasteiger partial charge < -0.3 is 4.90 Å². The minimum Gasteiger partial charge on any atom is -0.373 e. The molecule has 0 N–H and O–H groups in total. The van der Waals surface area contributed by atoms with Gasteiger partial charge in [0, 0.05) is 31.5 Å². The lowest BCUT2D eigenvalue weighted by Crippen LogP contribution is -2.28. The van der Waals surface area contributed by atoms with Crippen LogP contribution in [0.5, 0.6) is 0 Å². The van der Waals surface area contributed by atoms with Crippen LogP contribution in [-0.2, 0) is 6.54 Å². The van der Waals surface area contributed by atoms with Crippen molar-refractivity contribution in [1.29, 1.82) is 0 Å². The van der Waals surface area contributed by atoms with Gasteiger partial charge in [-0.1, -0.05) is 36.2 Å². The van der Waals surface area contributed by atoms with Gasteiger partial charge in [0.2, 0.25) is 0 Å². The largest absolute Gasteiger partial charge is 0.373 e. The number of hydrogen-bond acceptors (Lipinski definition) is 3. The van der Waals surface area contributed by atoms with Crippen LogP contribution in [0.2, 0.25) is 0 Å². The molecule has 0 bridgehead atoms. The molecule has 0 amide bonds. The highest BCUT2D eigenvalue weighted by atomic mass is 79.9. The monoisotopic (exact) mass is 329 g/mol. The molecule has 5 heteroatoms. The Morgan fingerprint density at radius 3 is 2.68 bits per heavy atom. The predicted octanol–water partition coefficient (Wildman–Crippen LogP) is 2.90. The van der Waals surface area contributed by atoms with E-state index in [1.807, 2.05) is 7.05 Å². The highest BCUT2D eigenvalue weighted by Crippen LogP contribution is 2.12. The van der Waals surface area contributed by atoms with Crippen molar-refractivity contribution in [2.75, 3.05) is 23.8 Å². The van der Waals surface area contributed by atoms with Crippen LogP contribution in [0.1, 0.15) is 33.1 Å². The van der Waals surface area contributed by atoms with E-state index in [4.69, 9.17) is 0 Å². The zero-order valence-electron chi connectivity index (χ0n) is 12.1. The van der Waals surface area contributed by atoms with Gasteiger partial charge in [0.1, 0.15) is 0 Å². The van der Waals surface area contributed by atoms with Crippen LogP contribution in [0.15, 0.2) is 17.1 Å². The molecular weight excluding hydrogens is 306 g/mol. The molecule has 0 fully saturated rings. The summed E-state index contributed by atoms with van der Waals surface area (Å²) in [5, 5.41) is 5.20. The second kappa shape index (κ2) is 8.35. The lowest BCUT2D eigenvalue weighted by atomic mass is 10.1. The van der Waals surface area contributed by atoms with Crippen molar-refractivity contribution in [2.24, 2.45) is 5.92 Å². The van der Waals surface area contributed by atoms with Gasteiger partial charge in [-0.15, -0.1) is 0 Å². The Morgan fingerprint density at radius 1 is 1.42 bits per heavy atom. The molecule has 1 aromatic rings. The first-order valence-electron chi connectivity index (χ1n) is 6.96. The molecule has 4 nitrogen and oxygen atoms in total. The van der Waals surface area contributed by atoms with Crippen molar-refractivity contribution in [3.8, 4) is 0 Å². The first kappa shape index (κ1) is 16.2. The van der Waals surface area contributed by atoms with E-state index >= 15 is 0 Å². The van der Waals surface area contributed by atoms with Crippen LogP contribution in [-0.4, -0.2) is 28.7 Å². The van der Waals surface area contributed by atoms with Gasteiger partial charge >= 0.3 is 0 Å². The van der Waals surface area contributed by atoms with E-state index in [0.717, 1.165) is 36.8 Å². The summed E-state index contributed by atoms with van der Waals surface area (Å²) in [6.07, 6.45) is 5.08. The number of anilines is 1. The third-order valence-electron chi connectivity index (χ3n) is 3.20. The van der Waals surface area contributed by atoms with Gasteiger partial charge in [0.05, 0.1) is 11.9 Å². The van der Waals surface area contributed by atoms with Gasteiger partial charge in [-0.05, 0) is 18.8 Å². The number of rotatable bonds is 8. The molecule has 1 unspecified atom stereocenters. The van der Waals surface area contributed by atoms with Crippen molar-refractivity contribution in [1.82, 2.24) is 9.78 Å². The summed E-state index contributed by atoms with van der Waals surface area (Å²) in [5.41, 5.74) is 0.886. The first-order chi connectivity index (χ1) is 9.12. The summed E-state index contributed by atoms with van der Waals surface area (Å²) < 4.78 is 1.57. The maximum Gasteiger partial charge on any atom is 0.268 e. The standard InChI is InChI=1S/C14H24BrN3O/c1-4-6-12(9-15)11-18-14(19)8-13(10-16-18)17(3)7-5-2/h8,10,12H,4-7,9,11H2,1-3H3. The fourth-order valence-electron chi connectivity index (χ4n) is 2.10. The lowest BCUT2D eigenvalue weighted by Gasteiger charge is -2.19. The van der Waals surface area contributed by atoms with Gasteiger partial charge in [-0.3, -0.25) is 4.79 Å². The Labute approximate surface area is 123 Å². The van der Waals surface area contributed by atoms with Crippen molar-refractivity contribution in [3.05, 3.63) is 22.6 Å². The van der Waals surface area contributed by atoms with Gasteiger partial charge in [-0.25, -0.2) is 4.68 Å². The van der Waals surface area contributed by atoms with E-state index in [1.54, 1.807) is 16.9 Å². The SMILES string of the molecule is CCCC(CBr)Cn1ncc(N(C)CCC)cc1=O. The molecule has 0 spiro atoms. The van der Waals surface area contributed by atoms with Crippen molar-refractivity contribution in [3.63, 3.8) is 0 Å². The second-order valence-corrected chi connectivity index (χ2v) is 5.61. The molecule has 0 aromatic carbocycles. The fraction of sp³-hybridized carbons (Fsp3) is 0.714. The molecule has 0 saturated carbocycles. The number of aromatic nitrogens is 2. The normalized spacial score (nSPS) is 12.4. The topological polar surface area (TPSA) is 38.1 Å². The molecule has 0 aliphatic rings. The molecule has 1 atom stereocenters. The maximum atomic E-state index is 12.1. The average molecular weight is 330 g/mol. The highest BCUT2D eigenvalue weighted by molar-refractivity contribution is 9.09. The van der Waals surface area contributed by atoms with E-state index in [2.05, 4.69) is 39.8 Å². The Hall–Kier alpha value is -0.840. The summed E-state index contributed by atoms with van der Waals surface area (Å²) in [5.74, 6) is 0.467. The summed E-state index contributed by atoms with van der Waals surface area (Å²) in [7, 11) is 1.99. The number of halogens is 1. The molecule has 1 aromatic heterocycles. The molecule has 108 valence electrons. The van der Waals surface area contributed by atoms with Gasteiger partial charge in [0.25, 0.3) is 5.56 Å². The fourth-order valence-corrected chi connectivity index (χ4v) is 2.63. The second-order valence-electron chi connectivity index (χ2n) is 4.96. The maximum absolute atomic E-state index is 12.1. The Morgan fingerprint density at radius 2 is 2.16 bits per heavy atom. The first-order valence-corrected chi connectivity index (χ1v) is 8.08. The predicted molar refractivity (Wildman–Crippen MR) is 84.3 cm³/mol. The molecule has 0 radical (unpaired) electrons. The lowest BCUT2D eigenvalue weighted by molar-refractivity contribution is 0.415. The number of nitrogens with zero attached hydrogens (tertiary/aromatic N) is 3. The average Bonchev–Trinajstić information content (AvgIpc) is 2.40. The van der Waals surface area contributed by atoms with E-state index in [-0.39, 0.29) is 5.56 Å². The summed E-state index contributed by atoms with van der Waals surface area (Å²) in [4.78, 5) is 14.1. The Balaban J connectivity index is 2.79. The minimum absolute atomic E-state index is 0.0116. The molecule has 1 rings (SSSR count). The number of hydrogen-bond donors (Lipinski definition) is 0. The zero-order chi connectivity index (χ0) is 14.3. The molecular formula is C14H24BrN3O. The summed E-state index contributed by atoms with van der Waals surface area (Å²) >= 11 is 3.51. The van der Waals surface area contributed by atoms with Crippen LogP contribution in [0.25, 0.3) is 0 Å². The van der Waals surface area contributed by atoms with Crippen LogP contribution in [0.4, 0.5) is 5.69 Å². The summed E-state index contributed by atoms with van der Waals surface area (Å²) in [6.45, 7) is 5.91. The molecule has 1 heterocycles. The zero-order valence-corrected chi connectivity index (χ0v) is 13.7.